The van der Waals surface area contributed by atoms with Crippen LogP contribution in [0.3, 0.4) is 0 Å². The van der Waals surface area contributed by atoms with Gasteiger partial charge in [0.05, 0.1) is 0 Å². The summed E-state index contributed by atoms with van der Waals surface area (Å²) in [5, 5.41) is 12.8. The fraction of sp³-hybridized carbons (Fsp3) is 0.762. The fourth-order valence-electron chi connectivity index (χ4n) is 3.88. The third kappa shape index (κ3) is 10.1. The molecule has 2 heterocycles. The van der Waals surface area contributed by atoms with E-state index in [9.17, 15) is 29.1 Å². The number of aliphatic carboxylic acids is 1. The number of hydrazine groups is 2. The van der Waals surface area contributed by atoms with Crippen LogP contribution in [0.5, 0.6) is 0 Å². The second-order valence-corrected chi connectivity index (χ2v) is 14.8. The first kappa shape index (κ1) is 34.7. The highest BCUT2D eigenvalue weighted by Gasteiger charge is 2.49. The maximum atomic E-state index is 14.0. The third-order valence-corrected chi connectivity index (χ3v) is 5.98. The molecule has 0 spiro atoms. The molecule has 2 fully saturated rings. The lowest BCUT2D eigenvalue weighted by atomic mass is 10.0. The zero-order valence-corrected chi connectivity index (χ0v) is 26.1. The van der Waals surface area contributed by atoms with Crippen LogP contribution in [0.25, 0.3) is 0 Å². The number of hydrogen-bond acceptors (Lipinski definition) is 8. The third-order valence-electron chi connectivity index (χ3n) is 5.32. The summed E-state index contributed by atoms with van der Waals surface area (Å²) < 4.78 is 11.5. The number of alkyl halides is 6. The lowest BCUT2D eigenvalue weighted by Crippen LogP contribution is -2.68. The number of carboxylic acids is 1. The predicted molar refractivity (Wildman–Crippen MR) is 145 cm³/mol. The molecule has 0 aromatic rings. The van der Waals surface area contributed by atoms with Gasteiger partial charge in [-0.1, -0.05) is 69.6 Å². The van der Waals surface area contributed by atoms with Gasteiger partial charge in [0, 0.05) is 13.1 Å². The number of ether oxygens (including phenoxy) is 3. The first-order valence-electron chi connectivity index (χ1n) is 11.8. The molecule has 2 rings (SSSR count). The van der Waals surface area contributed by atoms with Crippen LogP contribution >= 0.6 is 69.6 Å². The van der Waals surface area contributed by atoms with E-state index < -0.39 is 68.6 Å². The van der Waals surface area contributed by atoms with E-state index in [1.54, 1.807) is 20.8 Å². The van der Waals surface area contributed by atoms with Gasteiger partial charge >= 0.3 is 24.2 Å². The minimum atomic E-state index is -1.98. The lowest BCUT2D eigenvalue weighted by Gasteiger charge is -2.47. The SMILES string of the molecule is CC(C)(C)OC(=O)N1[C@H](C(=O)N2[C@@H](C(=O)O)CCCN2C(=O)OCC(Cl)(Cl)Cl)CCCN1C(=O)OCC(Cl)(Cl)Cl. The largest absolute Gasteiger partial charge is 0.480 e. The Balaban J connectivity index is 2.48. The van der Waals surface area contributed by atoms with Gasteiger partial charge in [-0.3, -0.25) is 4.79 Å². The number of carboxylic acid groups (broad SMARTS) is 1. The van der Waals surface area contributed by atoms with Gasteiger partial charge in [0.25, 0.3) is 5.91 Å². The molecular weight excluding hydrogens is 665 g/mol. The molecule has 0 bridgehead atoms. The van der Waals surface area contributed by atoms with Crippen LogP contribution in [0, 0.1) is 0 Å². The van der Waals surface area contributed by atoms with Crippen molar-refractivity contribution >= 4 is 99.8 Å². The molecule has 228 valence electrons. The fourth-order valence-corrected chi connectivity index (χ4v) is 4.20. The highest BCUT2D eigenvalue weighted by atomic mass is 35.6. The number of carbonyl (C=O) groups excluding carboxylic acids is 4. The Labute approximate surface area is 260 Å². The number of halogens is 6. The Kier molecular flexibility index (Phi) is 11.8. The summed E-state index contributed by atoms with van der Waals surface area (Å²) in [4.78, 5) is 65.2. The van der Waals surface area contributed by atoms with Gasteiger partial charge in [0.15, 0.2) is 6.04 Å². The van der Waals surface area contributed by atoms with E-state index in [1.165, 1.54) is 0 Å². The Hall–Kier alpha value is -1.51. The van der Waals surface area contributed by atoms with E-state index in [0.29, 0.717) is 10.0 Å². The van der Waals surface area contributed by atoms with Gasteiger partial charge < -0.3 is 19.3 Å². The molecule has 0 aromatic heterocycles. The maximum Gasteiger partial charge on any atom is 0.430 e. The van der Waals surface area contributed by atoms with E-state index in [1.807, 2.05) is 0 Å². The van der Waals surface area contributed by atoms with E-state index in [2.05, 4.69) is 0 Å². The molecule has 0 aliphatic carbocycles. The first-order valence-corrected chi connectivity index (χ1v) is 14.1. The number of hydrogen-bond donors (Lipinski definition) is 1. The molecule has 2 aliphatic rings. The van der Waals surface area contributed by atoms with Gasteiger partial charge in [-0.15, -0.1) is 0 Å². The van der Waals surface area contributed by atoms with Crippen molar-refractivity contribution in [2.24, 2.45) is 0 Å². The van der Waals surface area contributed by atoms with Crippen molar-refractivity contribution < 1.29 is 43.3 Å². The van der Waals surface area contributed by atoms with E-state index in [-0.39, 0.29) is 38.8 Å². The van der Waals surface area contributed by atoms with Crippen molar-refractivity contribution in [2.75, 3.05) is 26.3 Å². The van der Waals surface area contributed by atoms with Crippen LogP contribution in [0.4, 0.5) is 14.4 Å². The minimum absolute atomic E-state index is 0.0243. The molecule has 0 unspecified atom stereocenters. The first-order chi connectivity index (χ1) is 18.2. The Morgan fingerprint density at radius 3 is 1.55 bits per heavy atom. The molecule has 2 aliphatic heterocycles. The molecule has 1 N–H and O–H groups in total. The Morgan fingerprint density at radius 1 is 0.725 bits per heavy atom. The van der Waals surface area contributed by atoms with Crippen molar-refractivity contribution in [3.05, 3.63) is 0 Å². The molecule has 4 amide bonds. The zero-order valence-electron chi connectivity index (χ0n) is 21.6. The summed E-state index contributed by atoms with van der Waals surface area (Å²) in [6, 6.07) is -3.03. The zero-order chi connectivity index (χ0) is 30.6. The topological polar surface area (TPSA) is 146 Å². The number of amides is 4. The summed E-state index contributed by atoms with van der Waals surface area (Å²) in [6.45, 7) is 3.09. The highest BCUT2D eigenvalue weighted by molar-refractivity contribution is 6.68. The molecule has 13 nitrogen and oxygen atoms in total. The van der Waals surface area contributed by atoms with Crippen molar-refractivity contribution in [3.8, 4) is 0 Å². The quantitative estimate of drug-likeness (QED) is 0.321. The molecule has 0 aromatic carbocycles. The van der Waals surface area contributed by atoms with Crippen molar-refractivity contribution in [1.29, 1.82) is 0 Å². The van der Waals surface area contributed by atoms with Gasteiger partial charge in [0.2, 0.25) is 7.59 Å². The molecule has 19 heteroatoms. The van der Waals surface area contributed by atoms with Crippen LogP contribution in [0.15, 0.2) is 0 Å². The summed E-state index contributed by atoms with van der Waals surface area (Å²) in [7, 11) is 0. The molecule has 2 atom stereocenters. The second kappa shape index (κ2) is 13.6. The summed E-state index contributed by atoms with van der Waals surface area (Å²) in [5.41, 5.74) is -1.06. The normalized spacial score (nSPS) is 20.6. The van der Waals surface area contributed by atoms with Crippen LogP contribution in [-0.4, -0.2) is 107 Å². The predicted octanol–water partition coefficient (Wildman–Crippen LogP) is 4.91. The van der Waals surface area contributed by atoms with Gasteiger partial charge in [-0.2, -0.15) is 0 Å². The maximum absolute atomic E-state index is 14.0. The number of nitrogens with zero attached hydrogens (tertiary/aromatic N) is 4. The monoisotopic (exact) mass is 690 g/mol. The van der Waals surface area contributed by atoms with Crippen LogP contribution in [-0.2, 0) is 23.8 Å². The van der Waals surface area contributed by atoms with Gasteiger partial charge in [-0.05, 0) is 46.5 Å². The van der Waals surface area contributed by atoms with Crippen molar-refractivity contribution in [3.63, 3.8) is 0 Å². The molecular formula is C21H28Cl6N4O9. The highest BCUT2D eigenvalue weighted by Crippen LogP contribution is 2.31. The van der Waals surface area contributed by atoms with Crippen molar-refractivity contribution in [1.82, 2.24) is 20.0 Å². The smallest absolute Gasteiger partial charge is 0.430 e. The average molecular weight is 693 g/mol. The van der Waals surface area contributed by atoms with Gasteiger partial charge in [0.1, 0.15) is 24.9 Å². The Bertz CT molecular complexity index is 985. The molecule has 0 radical (unpaired) electrons. The summed E-state index contributed by atoms with van der Waals surface area (Å²) >= 11 is 34.0. The standard InChI is InChI=1S/C21H28Cl6N4O9/c1-19(2,3)40-18(37)31-12(6-4-9-29(31)17(36)39-11-21(25,26)27)14(32)30-13(15(33)34)7-5-8-28(30)16(35)38-10-20(22,23)24/h12-13H,4-11H2,1-3H3,(H,33,34)/t12-,13+/m0/s1. The van der Waals surface area contributed by atoms with Crippen LogP contribution in [0.1, 0.15) is 46.5 Å². The minimum Gasteiger partial charge on any atom is -0.480 e. The van der Waals surface area contributed by atoms with E-state index in [4.69, 9.17) is 83.8 Å². The average Bonchev–Trinajstić information content (AvgIpc) is 2.82. The molecule has 2 saturated heterocycles. The second-order valence-electron chi connectivity index (χ2n) is 9.75. The van der Waals surface area contributed by atoms with Crippen LogP contribution < -0.4 is 0 Å². The Morgan fingerprint density at radius 2 is 1.15 bits per heavy atom. The number of carbonyl (C=O) groups is 5. The van der Waals surface area contributed by atoms with Crippen LogP contribution in [0.2, 0.25) is 0 Å². The van der Waals surface area contributed by atoms with Gasteiger partial charge in [-0.25, -0.2) is 39.2 Å². The molecule has 40 heavy (non-hydrogen) atoms. The number of rotatable bonds is 4. The molecule has 0 saturated carbocycles. The summed E-state index contributed by atoms with van der Waals surface area (Å²) in [5.74, 6) is -2.44. The van der Waals surface area contributed by atoms with E-state index in [0.717, 1.165) is 10.0 Å². The van der Waals surface area contributed by atoms with E-state index >= 15 is 0 Å². The summed E-state index contributed by atoms with van der Waals surface area (Å²) in [6.07, 6.45) is -3.12. The van der Waals surface area contributed by atoms with Crippen molar-refractivity contribution in [2.45, 2.75) is 71.7 Å². The lowest BCUT2D eigenvalue weighted by molar-refractivity contribution is -0.180.